The number of nitrogens with zero attached hydrogens (tertiary/aromatic N) is 1. The van der Waals surface area contributed by atoms with Crippen molar-refractivity contribution in [2.75, 3.05) is 13.1 Å². The van der Waals surface area contributed by atoms with Crippen LogP contribution < -0.4 is 0 Å². The van der Waals surface area contributed by atoms with Gasteiger partial charge in [0.2, 0.25) is 0 Å². The van der Waals surface area contributed by atoms with Crippen LogP contribution in [0.1, 0.15) is 24.0 Å². The van der Waals surface area contributed by atoms with E-state index >= 15 is 0 Å². The van der Waals surface area contributed by atoms with E-state index in [1.54, 1.807) is 0 Å². The summed E-state index contributed by atoms with van der Waals surface area (Å²) >= 11 is 0. The highest BCUT2D eigenvalue weighted by molar-refractivity contribution is 5.15. The summed E-state index contributed by atoms with van der Waals surface area (Å²) in [5.74, 6) is 0. The molecule has 0 spiro atoms. The fraction of sp³-hybridized carbons (Fsp3) is 0.429. The molecule has 2 heterocycles. The average molecular weight is 323 g/mol. The van der Waals surface area contributed by atoms with Crippen LogP contribution in [0.2, 0.25) is 0 Å². The summed E-state index contributed by atoms with van der Waals surface area (Å²) in [7, 11) is 0. The fourth-order valence-electron chi connectivity index (χ4n) is 3.94. The van der Waals surface area contributed by atoms with Crippen molar-refractivity contribution in [3.05, 3.63) is 71.8 Å². The van der Waals surface area contributed by atoms with Gasteiger partial charge in [-0.3, -0.25) is 4.90 Å². The van der Waals surface area contributed by atoms with Crippen LogP contribution in [0.5, 0.6) is 0 Å². The van der Waals surface area contributed by atoms with Crippen LogP contribution in [0.25, 0.3) is 0 Å². The summed E-state index contributed by atoms with van der Waals surface area (Å²) in [6.07, 6.45) is 2.85. The van der Waals surface area contributed by atoms with Crippen LogP contribution in [0.4, 0.5) is 0 Å². The van der Waals surface area contributed by atoms with Crippen LogP contribution in [0, 0.1) is 0 Å². The Morgan fingerprint density at radius 3 is 2.12 bits per heavy atom. The van der Waals surface area contributed by atoms with Crippen LogP contribution in [-0.4, -0.2) is 36.2 Å². The van der Waals surface area contributed by atoms with Crippen molar-refractivity contribution < 1.29 is 9.47 Å². The highest BCUT2D eigenvalue weighted by Crippen LogP contribution is 2.32. The molecule has 2 saturated heterocycles. The van der Waals surface area contributed by atoms with Crippen molar-refractivity contribution in [3.63, 3.8) is 0 Å². The van der Waals surface area contributed by atoms with Crippen LogP contribution in [0.15, 0.2) is 60.7 Å². The molecule has 0 N–H and O–H groups in total. The summed E-state index contributed by atoms with van der Waals surface area (Å²) < 4.78 is 12.6. The van der Waals surface area contributed by atoms with Gasteiger partial charge in [-0.2, -0.15) is 0 Å². The molecule has 0 unspecified atom stereocenters. The second-order valence-corrected chi connectivity index (χ2v) is 6.80. The molecule has 0 aromatic heterocycles. The number of rotatable bonds is 6. The van der Waals surface area contributed by atoms with Crippen LogP contribution >= 0.6 is 0 Å². The zero-order valence-electron chi connectivity index (χ0n) is 14.0. The van der Waals surface area contributed by atoms with Gasteiger partial charge >= 0.3 is 0 Å². The predicted molar refractivity (Wildman–Crippen MR) is 94.6 cm³/mol. The molecule has 0 radical (unpaired) electrons. The lowest BCUT2D eigenvalue weighted by Crippen LogP contribution is -2.35. The SMILES string of the molecule is c1ccc(CO[C@H]2[C@H](OCc3ccccc3)CN3CCC[C@@H]23)cc1. The van der Waals surface area contributed by atoms with Crippen molar-refractivity contribution in [3.8, 4) is 0 Å². The standard InChI is InChI=1S/C21H25NO2/c1-3-8-17(9-4-1)15-23-20-14-22-13-7-12-19(22)21(20)24-16-18-10-5-2-6-11-18/h1-6,8-11,19-21H,7,12-16H2/t19-,20+,21+/m0/s1. The third-order valence-electron chi connectivity index (χ3n) is 5.17. The fourth-order valence-corrected chi connectivity index (χ4v) is 3.94. The number of hydrogen-bond acceptors (Lipinski definition) is 3. The molecular weight excluding hydrogens is 298 g/mol. The summed E-state index contributed by atoms with van der Waals surface area (Å²) in [6, 6.07) is 21.4. The molecule has 3 atom stereocenters. The first-order valence-corrected chi connectivity index (χ1v) is 8.95. The normalized spacial score (nSPS) is 26.6. The lowest BCUT2D eigenvalue weighted by atomic mass is 10.1. The number of ether oxygens (including phenoxy) is 2. The van der Waals surface area contributed by atoms with Gasteiger partial charge in [-0.1, -0.05) is 60.7 Å². The van der Waals surface area contributed by atoms with E-state index in [1.807, 2.05) is 12.1 Å². The third kappa shape index (κ3) is 3.54. The minimum atomic E-state index is 0.166. The maximum absolute atomic E-state index is 6.34. The molecule has 2 aliphatic heterocycles. The zero-order valence-corrected chi connectivity index (χ0v) is 14.0. The van der Waals surface area contributed by atoms with Gasteiger partial charge in [-0.15, -0.1) is 0 Å². The molecule has 4 rings (SSSR count). The molecule has 126 valence electrons. The minimum Gasteiger partial charge on any atom is -0.369 e. The first-order chi connectivity index (χ1) is 11.9. The van der Waals surface area contributed by atoms with E-state index in [0.717, 1.165) is 6.54 Å². The number of fused-ring (bicyclic) bond motifs is 1. The molecule has 0 aliphatic carbocycles. The van der Waals surface area contributed by atoms with E-state index < -0.39 is 0 Å². The van der Waals surface area contributed by atoms with Gasteiger partial charge in [0.1, 0.15) is 6.10 Å². The number of hydrogen-bond donors (Lipinski definition) is 0. The topological polar surface area (TPSA) is 21.7 Å². The molecule has 0 bridgehead atoms. The quantitative estimate of drug-likeness (QED) is 0.810. The summed E-state index contributed by atoms with van der Waals surface area (Å²) in [6.45, 7) is 3.51. The largest absolute Gasteiger partial charge is 0.369 e. The molecule has 3 heteroatoms. The lowest BCUT2D eigenvalue weighted by Gasteiger charge is -2.24. The van der Waals surface area contributed by atoms with Crippen molar-refractivity contribution in [1.82, 2.24) is 4.90 Å². The highest BCUT2D eigenvalue weighted by Gasteiger charge is 2.45. The van der Waals surface area contributed by atoms with Crippen molar-refractivity contribution in [2.45, 2.75) is 44.3 Å². The molecule has 2 aromatic carbocycles. The van der Waals surface area contributed by atoms with E-state index in [9.17, 15) is 0 Å². The zero-order chi connectivity index (χ0) is 16.2. The maximum atomic E-state index is 6.34. The molecule has 2 aromatic rings. The molecular formula is C21H25NO2. The van der Waals surface area contributed by atoms with Gasteiger partial charge in [0.15, 0.2) is 0 Å². The van der Waals surface area contributed by atoms with Gasteiger partial charge < -0.3 is 9.47 Å². The molecule has 0 amide bonds. The Hall–Kier alpha value is -1.68. The second kappa shape index (κ2) is 7.47. The van der Waals surface area contributed by atoms with Gasteiger partial charge in [0.25, 0.3) is 0 Å². The molecule has 3 nitrogen and oxygen atoms in total. The second-order valence-electron chi connectivity index (χ2n) is 6.80. The van der Waals surface area contributed by atoms with Crippen molar-refractivity contribution in [1.29, 1.82) is 0 Å². The van der Waals surface area contributed by atoms with Gasteiger partial charge in [0.05, 0.1) is 19.3 Å². The summed E-state index contributed by atoms with van der Waals surface area (Å²) in [5, 5.41) is 0. The van der Waals surface area contributed by atoms with Gasteiger partial charge in [-0.05, 0) is 30.5 Å². The number of benzene rings is 2. The third-order valence-corrected chi connectivity index (χ3v) is 5.17. The Balaban J connectivity index is 1.39. The van der Waals surface area contributed by atoms with E-state index in [4.69, 9.17) is 9.47 Å². The van der Waals surface area contributed by atoms with Crippen LogP contribution in [0.3, 0.4) is 0 Å². The molecule has 0 saturated carbocycles. The Kier molecular flexibility index (Phi) is 4.93. The van der Waals surface area contributed by atoms with E-state index in [1.165, 1.54) is 30.5 Å². The van der Waals surface area contributed by atoms with E-state index in [0.29, 0.717) is 19.3 Å². The smallest absolute Gasteiger partial charge is 0.101 e. The first kappa shape index (κ1) is 15.8. The monoisotopic (exact) mass is 323 g/mol. The van der Waals surface area contributed by atoms with E-state index in [-0.39, 0.29) is 12.2 Å². The average Bonchev–Trinajstić information content (AvgIpc) is 3.21. The van der Waals surface area contributed by atoms with Crippen molar-refractivity contribution in [2.24, 2.45) is 0 Å². The Labute approximate surface area is 144 Å². The van der Waals surface area contributed by atoms with E-state index in [2.05, 4.69) is 53.4 Å². The minimum absolute atomic E-state index is 0.166. The first-order valence-electron chi connectivity index (χ1n) is 8.95. The Morgan fingerprint density at radius 2 is 1.46 bits per heavy atom. The predicted octanol–water partition coefficient (Wildman–Crippen LogP) is 3.64. The summed E-state index contributed by atoms with van der Waals surface area (Å²) in [4.78, 5) is 2.55. The molecule has 24 heavy (non-hydrogen) atoms. The summed E-state index contributed by atoms with van der Waals surface area (Å²) in [5.41, 5.74) is 2.46. The lowest BCUT2D eigenvalue weighted by molar-refractivity contribution is -0.0704. The maximum Gasteiger partial charge on any atom is 0.101 e. The Morgan fingerprint density at radius 1 is 0.833 bits per heavy atom. The molecule has 2 aliphatic rings. The van der Waals surface area contributed by atoms with Gasteiger partial charge in [0, 0.05) is 12.6 Å². The van der Waals surface area contributed by atoms with Crippen LogP contribution in [-0.2, 0) is 22.7 Å². The Bertz CT molecular complexity index is 631. The van der Waals surface area contributed by atoms with Crippen molar-refractivity contribution >= 4 is 0 Å². The van der Waals surface area contributed by atoms with Gasteiger partial charge in [-0.25, -0.2) is 0 Å². The highest BCUT2D eigenvalue weighted by atomic mass is 16.5. The molecule has 2 fully saturated rings.